The van der Waals surface area contributed by atoms with Gasteiger partial charge in [0, 0.05) is 18.2 Å². The Morgan fingerprint density at radius 1 is 1.38 bits per heavy atom. The Morgan fingerprint density at radius 3 is 2.76 bits per heavy atom. The van der Waals surface area contributed by atoms with E-state index in [0.717, 1.165) is 23.5 Å². The van der Waals surface area contributed by atoms with E-state index < -0.39 is 5.97 Å². The van der Waals surface area contributed by atoms with Crippen molar-refractivity contribution < 1.29 is 14.6 Å². The summed E-state index contributed by atoms with van der Waals surface area (Å²) in [5, 5.41) is 12.5. The molecule has 0 radical (unpaired) electrons. The molecular formula is C17H23NO3. The molecule has 0 aromatic heterocycles. The predicted octanol–water partition coefficient (Wildman–Crippen LogP) is 2.83. The van der Waals surface area contributed by atoms with E-state index in [4.69, 9.17) is 9.84 Å². The van der Waals surface area contributed by atoms with Gasteiger partial charge >= 0.3 is 5.97 Å². The molecule has 1 heterocycles. The van der Waals surface area contributed by atoms with Crippen molar-refractivity contribution in [3.63, 3.8) is 0 Å². The largest absolute Gasteiger partial charge is 0.493 e. The SMILES string of the molecule is Cc1cc(C)c(OCC2CC2)c(C2CC(C(=O)O)CN2)c1. The number of ether oxygens (including phenoxy) is 1. The maximum absolute atomic E-state index is 11.1. The summed E-state index contributed by atoms with van der Waals surface area (Å²) in [7, 11) is 0. The molecule has 1 aromatic carbocycles. The van der Waals surface area contributed by atoms with Crippen molar-refractivity contribution in [2.75, 3.05) is 13.2 Å². The highest BCUT2D eigenvalue weighted by atomic mass is 16.5. The van der Waals surface area contributed by atoms with Gasteiger partial charge in [-0.15, -0.1) is 0 Å². The fourth-order valence-electron chi connectivity index (χ4n) is 3.09. The predicted molar refractivity (Wildman–Crippen MR) is 80.6 cm³/mol. The number of carboxylic acid groups (broad SMARTS) is 1. The fourth-order valence-corrected chi connectivity index (χ4v) is 3.09. The van der Waals surface area contributed by atoms with Crippen molar-refractivity contribution >= 4 is 5.97 Å². The summed E-state index contributed by atoms with van der Waals surface area (Å²) in [5.74, 6) is 0.653. The molecule has 1 saturated carbocycles. The Balaban J connectivity index is 1.83. The molecule has 4 heteroatoms. The molecule has 0 bridgehead atoms. The lowest BCUT2D eigenvalue weighted by Gasteiger charge is -2.19. The lowest BCUT2D eigenvalue weighted by atomic mass is 9.96. The zero-order valence-corrected chi connectivity index (χ0v) is 12.7. The number of aryl methyl sites for hydroxylation is 2. The van der Waals surface area contributed by atoms with Crippen LogP contribution in [0, 0.1) is 25.7 Å². The first-order valence-corrected chi connectivity index (χ1v) is 7.74. The van der Waals surface area contributed by atoms with Crippen LogP contribution in [0.2, 0.25) is 0 Å². The van der Waals surface area contributed by atoms with Gasteiger partial charge in [0.1, 0.15) is 5.75 Å². The van der Waals surface area contributed by atoms with Crippen molar-refractivity contribution in [3.05, 3.63) is 28.8 Å². The quantitative estimate of drug-likeness (QED) is 0.875. The highest BCUT2D eigenvalue weighted by Gasteiger charge is 2.32. The molecule has 1 aliphatic carbocycles. The second kappa shape index (κ2) is 5.68. The maximum atomic E-state index is 11.1. The van der Waals surface area contributed by atoms with E-state index in [9.17, 15) is 4.79 Å². The molecule has 4 nitrogen and oxygen atoms in total. The number of hydrogen-bond acceptors (Lipinski definition) is 3. The monoisotopic (exact) mass is 289 g/mol. The third-order valence-electron chi connectivity index (χ3n) is 4.46. The number of aliphatic carboxylic acids is 1. The number of carboxylic acids is 1. The summed E-state index contributed by atoms with van der Waals surface area (Å²) in [6, 6.07) is 4.35. The van der Waals surface area contributed by atoms with Gasteiger partial charge in [-0.25, -0.2) is 0 Å². The zero-order chi connectivity index (χ0) is 15.0. The summed E-state index contributed by atoms with van der Waals surface area (Å²) >= 11 is 0. The molecule has 1 saturated heterocycles. The van der Waals surface area contributed by atoms with E-state index in [0.29, 0.717) is 18.9 Å². The molecule has 0 spiro atoms. The number of rotatable bonds is 5. The van der Waals surface area contributed by atoms with Crippen LogP contribution in [0.15, 0.2) is 12.1 Å². The Bertz CT molecular complexity index is 551. The fraction of sp³-hybridized carbons (Fsp3) is 0.588. The lowest BCUT2D eigenvalue weighted by molar-refractivity contribution is -0.141. The maximum Gasteiger partial charge on any atom is 0.307 e. The smallest absolute Gasteiger partial charge is 0.307 e. The highest BCUT2D eigenvalue weighted by Crippen LogP contribution is 2.38. The van der Waals surface area contributed by atoms with Crippen molar-refractivity contribution in [2.24, 2.45) is 11.8 Å². The molecule has 1 aliphatic heterocycles. The van der Waals surface area contributed by atoms with Crippen molar-refractivity contribution in [2.45, 2.75) is 39.2 Å². The molecule has 2 N–H and O–H groups in total. The Kier molecular flexibility index (Phi) is 3.89. The lowest BCUT2D eigenvalue weighted by Crippen LogP contribution is -2.18. The minimum atomic E-state index is -0.713. The molecule has 1 aromatic rings. The minimum Gasteiger partial charge on any atom is -0.493 e. The summed E-state index contributed by atoms with van der Waals surface area (Å²) in [5.41, 5.74) is 3.46. The number of benzene rings is 1. The molecule has 0 amide bonds. The molecule has 2 fully saturated rings. The molecular weight excluding hydrogens is 266 g/mol. The second-order valence-electron chi connectivity index (χ2n) is 6.49. The van der Waals surface area contributed by atoms with Gasteiger partial charge in [0.25, 0.3) is 0 Å². The van der Waals surface area contributed by atoms with Crippen LogP contribution in [0.25, 0.3) is 0 Å². The summed E-state index contributed by atoms with van der Waals surface area (Å²) in [6.07, 6.45) is 3.17. The third-order valence-corrected chi connectivity index (χ3v) is 4.46. The van der Waals surface area contributed by atoms with Gasteiger partial charge in [-0.1, -0.05) is 17.7 Å². The second-order valence-corrected chi connectivity index (χ2v) is 6.49. The summed E-state index contributed by atoms with van der Waals surface area (Å²) < 4.78 is 6.07. The number of hydrogen-bond donors (Lipinski definition) is 2. The number of nitrogens with one attached hydrogen (secondary N) is 1. The Labute approximate surface area is 125 Å². The van der Waals surface area contributed by atoms with Crippen LogP contribution < -0.4 is 10.1 Å². The van der Waals surface area contributed by atoms with E-state index in [-0.39, 0.29) is 12.0 Å². The standard InChI is InChI=1S/C17H23NO3/c1-10-5-11(2)16(21-9-12-3-4-12)14(6-10)15-7-13(8-18-15)17(19)20/h5-6,12-13,15,18H,3-4,7-9H2,1-2H3,(H,19,20). The average Bonchev–Trinajstić information content (AvgIpc) is 3.11. The zero-order valence-electron chi connectivity index (χ0n) is 12.7. The first kappa shape index (κ1) is 14.4. The van der Waals surface area contributed by atoms with Crippen LogP contribution in [0.3, 0.4) is 0 Å². The first-order chi connectivity index (χ1) is 10.0. The molecule has 2 atom stereocenters. The van der Waals surface area contributed by atoms with Crippen LogP contribution in [-0.4, -0.2) is 24.2 Å². The van der Waals surface area contributed by atoms with E-state index in [2.05, 4.69) is 31.3 Å². The number of carbonyl (C=O) groups is 1. The molecule has 114 valence electrons. The van der Waals surface area contributed by atoms with Crippen LogP contribution in [-0.2, 0) is 4.79 Å². The molecule has 2 aliphatic rings. The van der Waals surface area contributed by atoms with Crippen LogP contribution >= 0.6 is 0 Å². The third kappa shape index (κ3) is 3.21. The van der Waals surface area contributed by atoms with Crippen LogP contribution in [0.5, 0.6) is 5.75 Å². The van der Waals surface area contributed by atoms with Gasteiger partial charge in [0.15, 0.2) is 0 Å². The van der Waals surface area contributed by atoms with Crippen molar-refractivity contribution in [1.29, 1.82) is 0 Å². The van der Waals surface area contributed by atoms with E-state index in [1.165, 1.54) is 18.4 Å². The normalized spacial score (nSPS) is 25.0. The van der Waals surface area contributed by atoms with Crippen LogP contribution in [0.1, 0.15) is 42.0 Å². The highest BCUT2D eigenvalue weighted by molar-refractivity contribution is 5.71. The topological polar surface area (TPSA) is 58.6 Å². The first-order valence-electron chi connectivity index (χ1n) is 7.74. The van der Waals surface area contributed by atoms with Gasteiger partial charge in [-0.3, -0.25) is 4.79 Å². The van der Waals surface area contributed by atoms with E-state index >= 15 is 0 Å². The molecule has 21 heavy (non-hydrogen) atoms. The van der Waals surface area contributed by atoms with Crippen molar-refractivity contribution in [3.8, 4) is 5.75 Å². The van der Waals surface area contributed by atoms with Crippen LogP contribution in [0.4, 0.5) is 0 Å². The van der Waals surface area contributed by atoms with Gasteiger partial charge in [-0.05, 0) is 44.6 Å². The summed E-state index contributed by atoms with van der Waals surface area (Å²) in [6.45, 7) is 5.47. The Morgan fingerprint density at radius 2 is 2.14 bits per heavy atom. The summed E-state index contributed by atoms with van der Waals surface area (Å²) in [4.78, 5) is 11.1. The minimum absolute atomic E-state index is 0.0823. The van der Waals surface area contributed by atoms with E-state index in [1.807, 2.05) is 0 Å². The molecule has 3 rings (SSSR count). The molecule has 2 unspecified atom stereocenters. The van der Waals surface area contributed by atoms with Crippen molar-refractivity contribution in [1.82, 2.24) is 5.32 Å². The average molecular weight is 289 g/mol. The van der Waals surface area contributed by atoms with Gasteiger partial charge in [0.05, 0.1) is 12.5 Å². The van der Waals surface area contributed by atoms with E-state index in [1.54, 1.807) is 0 Å². The van der Waals surface area contributed by atoms with Gasteiger partial charge < -0.3 is 15.2 Å². The van der Waals surface area contributed by atoms with Gasteiger partial charge in [0.2, 0.25) is 0 Å². The Hall–Kier alpha value is -1.55. The van der Waals surface area contributed by atoms with Gasteiger partial charge in [-0.2, -0.15) is 0 Å².